The van der Waals surface area contributed by atoms with Crippen LogP contribution < -0.4 is 5.73 Å². The molecule has 2 aromatic heterocycles. The molecule has 1 atom stereocenters. The Balaban J connectivity index is 2.18. The number of aromatic nitrogens is 3. The van der Waals surface area contributed by atoms with Gasteiger partial charge in [-0.05, 0) is 31.0 Å². The third kappa shape index (κ3) is 2.88. The molecule has 2 heterocycles. The van der Waals surface area contributed by atoms with Crippen LogP contribution in [0.15, 0.2) is 22.9 Å². The number of pyridine rings is 1. The van der Waals surface area contributed by atoms with Gasteiger partial charge >= 0.3 is 0 Å². The van der Waals surface area contributed by atoms with Crippen molar-refractivity contribution in [2.45, 2.75) is 32.7 Å². The molecule has 0 fully saturated rings. The Morgan fingerprint density at radius 1 is 1.47 bits per heavy atom. The van der Waals surface area contributed by atoms with E-state index in [-0.39, 0.29) is 6.04 Å². The summed E-state index contributed by atoms with van der Waals surface area (Å²) in [6.45, 7) is 4.03. The maximum atomic E-state index is 5.83. The van der Waals surface area contributed by atoms with E-state index in [1.807, 2.05) is 26.0 Å². The van der Waals surface area contributed by atoms with Crippen molar-refractivity contribution in [2.75, 3.05) is 0 Å². The van der Waals surface area contributed by atoms with Crippen LogP contribution >= 0.6 is 0 Å². The van der Waals surface area contributed by atoms with E-state index in [2.05, 4.69) is 15.1 Å². The Bertz CT molecular complexity index is 495. The van der Waals surface area contributed by atoms with Crippen LogP contribution in [0.2, 0.25) is 0 Å². The fourth-order valence-corrected chi connectivity index (χ4v) is 1.47. The van der Waals surface area contributed by atoms with E-state index >= 15 is 0 Å². The Morgan fingerprint density at radius 3 is 3.00 bits per heavy atom. The molecule has 0 amide bonds. The van der Waals surface area contributed by atoms with Gasteiger partial charge < -0.3 is 10.3 Å². The second kappa shape index (κ2) is 5.05. The molecule has 5 nitrogen and oxygen atoms in total. The molecule has 1 unspecified atom stereocenters. The minimum absolute atomic E-state index is 0.0637. The topological polar surface area (TPSA) is 77.8 Å². The molecule has 2 aromatic rings. The predicted octanol–water partition coefficient (Wildman–Crippen LogP) is 1.72. The first-order valence-electron chi connectivity index (χ1n) is 5.70. The van der Waals surface area contributed by atoms with Gasteiger partial charge in [0.1, 0.15) is 5.69 Å². The minimum atomic E-state index is 0.0637. The molecular weight excluding hydrogens is 216 g/mol. The van der Waals surface area contributed by atoms with Gasteiger partial charge in [-0.3, -0.25) is 4.98 Å². The van der Waals surface area contributed by atoms with Crippen molar-refractivity contribution in [3.8, 4) is 11.5 Å². The summed E-state index contributed by atoms with van der Waals surface area (Å²) < 4.78 is 5.15. The number of rotatable bonds is 4. The van der Waals surface area contributed by atoms with Gasteiger partial charge in [0, 0.05) is 18.7 Å². The Kier molecular flexibility index (Phi) is 3.49. The van der Waals surface area contributed by atoms with Crippen LogP contribution in [0.25, 0.3) is 11.5 Å². The first kappa shape index (κ1) is 11.7. The number of nitrogens with zero attached hydrogens (tertiary/aromatic N) is 3. The zero-order valence-electron chi connectivity index (χ0n) is 10.1. The SMILES string of the molecule is CCC(N)Cc1nc(-c2cc(C)ccn2)no1. The number of hydrogen-bond donors (Lipinski definition) is 1. The summed E-state index contributed by atoms with van der Waals surface area (Å²) in [6.07, 6.45) is 3.23. The van der Waals surface area contributed by atoms with Gasteiger partial charge in [-0.25, -0.2) is 0 Å². The van der Waals surface area contributed by atoms with Gasteiger partial charge in [0.2, 0.25) is 11.7 Å². The lowest BCUT2D eigenvalue weighted by Crippen LogP contribution is -2.21. The van der Waals surface area contributed by atoms with E-state index in [9.17, 15) is 0 Å². The van der Waals surface area contributed by atoms with Crippen LogP contribution in [0.1, 0.15) is 24.8 Å². The molecule has 0 bridgehead atoms. The largest absolute Gasteiger partial charge is 0.339 e. The Hall–Kier alpha value is -1.75. The van der Waals surface area contributed by atoms with Gasteiger partial charge in [0.15, 0.2) is 0 Å². The van der Waals surface area contributed by atoms with Gasteiger partial charge in [-0.1, -0.05) is 12.1 Å². The molecule has 0 aromatic carbocycles. The molecular formula is C12H16N4O. The Labute approximate surface area is 100 Å². The van der Waals surface area contributed by atoms with Crippen molar-refractivity contribution in [3.63, 3.8) is 0 Å². The van der Waals surface area contributed by atoms with Crippen LogP contribution in [0.4, 0.5) is 0 Å². The third-order valence-corrected chi connectivity index (χ3v) is 2.57. The number of aryl methyl sites for hydroxylation is 1. The molecule has 0 radical (unpaired) electrons. The smallest absolute Gasteiger partial charge is 0.228 e. The monoisotopic (exact) mass is 232 g/mol. The van der Waals surface area contributed by atoms with Crippen molar-refractivity contribution >= 4 is 0 Å². The van der Waals surface area contributed by atoms with Crippen LogP contribution in [0.5, 0.6) is 0 Å². The highest BCUT2D eigenvalue weighted by Gasteiger charge is 2.12. The molecule has 0 aliphatic heterocycles. The first-order valence-corrected chi connectivity index (χ1v) is 5.70. The van der Waals surface area contributed by atoms with Crippen molar-refractivity contribution < 1.29 is 4.52 Å². The van der Waals surface area contributed by atoms with Gasteiger partial charge in [0.25, 0.3) is 0 Å². The normalized spacial score (nSPS) is 12.6. The maximum Gasteiger partial charge on any atom is 0.228 e. The van der Waals surface area contributed by atoms with Crippen molar-refractivity contribution in [2.24, 2.45) is 5.73 Å². The summed E-state index contributed by atoms with van der Waals surface area (Å²) in [5.41, 5.74) is 7.68. The average molecular weight is 232 g/mol. The quantitative estimate of drug-likeness (QED) is 0.868. The lowest BCUT2D eigenvalue weighted by atomic mass is 10.2. The second-order valence-electron chi connectivity index (χ2n) is 4.10. The summed E-state index contributed by atoms with van der Waals surface area (Å²) >= 11 is 0. The molecule has 17 heavy (non-hydrogen) atoms. The van der Waals surface area contributed by atoms with Crippen LogP contribution in [-0.4, -0.2) is 21.2 Å². The average Bonchev–Trinajstić information content (AvgIpc) is 2.77. The van der Waals surface area contributed by atoms with Gasteiger partial charge in [0.05, 0.1) is 0 Å². The van der Waals surface area contributed by atoms with Gasteiger partial charge in [-0.2, -0.15) is 4.98 Å². The van der Waals surface area contributed by atoms with E-state index < -0.39 is 0 Å². The molecule has 2 N–H and O–H groups in total. The van der Waals surface area contributed by atoms with E-state index in [0.29, 0.717) is 18.1 Å². The predicted molar refractivity (Wildman–Crippen MR) is 64.2 cm³/mol. The standard InChI is InChI=1S/C12H16N4O/c1-3-9(13)7-11-15-12(16-17-11)10-6-8(2)4-5-14-10/h4-6,9H,3,7,13H2,1-2H3. The highest BCUT2D eigenvalue weighted by atomic mass is 16.5. The van der Waals surface area contributed by atoms with Crippen molar-refractivity contribution in [1.29, 1.82) is 0 Å². The molecule has 0 aliphatic rings. The molecule has 0 saturated heterocycles. The van der Waals surface area contributed by atoms with Crippen molar-refractivity contribution in [3.05, 3.63) is 29.8 Å². The van der Waals surface area contributed by atoms with E-state index in [4.69, 9.17) is 10.3 Å². The van der Waals surface area contributed by atoms with Crippen LogP contribution in [0, 0.1) is 6.92 Å². The zero-order chi connectivity index (χ0) is 12.3. The summed E-state index contributed by atoms with van der Waals surface area (Å²) in [7, 11) is 0. The fraction of sp³-hybridized carbons (Fsp3) is 0.417. The van der Waals surface area contributed by atoms with Gasteiger partial charge in [-0.15, -0.1) is 0 Å². The van der Waals surface area contributed by atoms with E-state index in [1.54, 1.807) is 6.20 Å². The van der Waals surface area contributed by atoms with Crippen molar-refractivity contribution in [1.82, 2.24) is 15.1 Å². The number of nitrogens with two attached hydrogens (primary N) is 1. The Morgan fingerprint density at radius 2 is 2.29 bits per heavy atom. The fourth-order valence-electron chi connectivity index (χ4n) is 1.47. The summed E-state index contributed by atoms with van der Waals surface area (Å²) in [4.78, 5) is 8.50. The summed E-state index contributed by atoms with van der Waals surface area (Å²) in [6, 6.07) is 3.92. The zero-order valence-corrected chi connectivity index (χ0v) is 10.1. The molecule has 90 valence electrons. The molecule has 2 rings (SSSR count). The maximum absolute atomic E-state index is 5.83. The molecule has 5 heteroatoms. The highest BCUT2D eigenvalue weighted by Crippen LogP contribution is 2.14. The van der Waals surface area contributed by atoms with Crippen LogP contribution in [0.3, 0.4) is 0 Å². The lowest BCUT2D eigenvalue weighted by Gasteiger charge is -2.02. The minimum Gasteiger partial charge on any atom is -0.339 e. The first-order chi connectivity index (χ1) is 8.19. The number of hydrogen-bond acceptors (Lipinski definition) is 5. The lowest BCUT2D eigenvalue weighted by molar-refractivity contribution is 0.368. The van der Waals surface area contributed by atoms with E-state index in [0.717, 1.165) is 17.7 Å². The summed E-state index contributed by atoms with van der Waals surface area (Å²) in [5, 5.41) is 3.91. The second-order valence-corrected chi connectivity index (χ2v) is 4.10. The summed E-state index contributed by atoms with van der Waals surface area (Å²) in [5.74, 6) is 1.09. The van der Waals surface area contributed by atoms with Crippen LogP contribution in [-0.2, 0) is 6.42 Å². The third-order valence-electron chi connectivity index (χ3n) is 2.57. The van der Waals surface area contributed by atoms with E-state index in [1.165, 1.54) is 0 Å². The molecule has 0 saturated carbocycles. The molecule has 0 spiro atoms. The molecule has 0 aliphatic carbocycles. The highest BCUT2D eigenvalue weighted by molar-refractivity contribution is 5.48.